The summed E-state index contributed by atoms with van der Waals surface area (Å²) in [5, 5.41) is 13.7. The summed E-state index contributed by atoms with van der Waals surface area (Å²) in [6.45, 7) is 0.316. The van der Waals surface area contributed by atoms with Crippen molar-refractivity contribution in [2.75, 3.05) is 0 Å². The van der Waals surface area contributed by atoms with E-state index in [-0.39, 0.29) is 35.9 Å². The molecule has 2 N–H and O–H groups in total. The van der Waals surface area contributed by atoms with Crippen molar-refractivity contribution in [3.63, 3.8) is 0 Å². The van der Waals surface area contributed by atoms with Gasteiger partial charge < -0.3 is 10.2 Å². The van der Waals surface area contributed by atoms with E-state index in [1.165, 1.54) is 35.3 Å². The maximum Gasteiger partial charge on any atom is 0.273 e. The average Bonchev–Trinajstić information content (AvgIpc) is 3.19. The Kier molecular flexibility index (Phi) is 4.29. The Morgan fingerprint density at radius 3 is 2.77 bits per heavy atom. The molecular weight excluding hydrogens is 448 g/mol. The smallest absolute Gasteiger partial charge is 0.273 e. The number of fused-ring (bicyclic) bond motifs is 4. The van der Waals surface area contributed by atoms with Gasteiger partial charge in [0.1, 0.15) is 6.04 Å². The first-order valence-corrected chi connectivity index (χ1v) is 12.4. The van der Waals surface area contributed by atoms with Crippen molar-refractivity contribution in [2.45, 2.75) is 63.6 Å². The molecule has 1 spiro atoms. The molecule has 4 fully saturated rings. The van der Waals surface area contributed by atoms with E-state index < -0.39 is 11.9 Å². The Hall–Kier alpha value is -3.56. The molecule has 10 nitrogen and oxygen atoms in total. The number of nitrogens with zero attached hydrogens (tertiary/aromatic N) is 4. The summed E-state index contributed by atoms with van der Waals surface area (Å²) >= 11 is 0. The van der Waals surface area contributed by atoms with Gasteiger partial charge in [0.05, 0.1) is 11.9 Å². The molecule has 4 amide bonds. The molecule has 2 aliphatic heterocycles. The third-order valence-corrected chi connectivity index (χ3v) is 8.94. The molecule has 1 aromatic carbocycles. The Morgan fingerprint density at radius 2 is 2.03 bits per heavy atom. The van der Waals surface area contributed by atoms with Gasteiger partial charge in [-0.1, -0.05) is 11.3 Å². The summed E-state index contributed by atoms with van der Waals surface area (Å²) in [6.07, 6.45) is 8.39. The second-order valence-corrected chi connectivity index (χ2v) is 10.9. The maximum atomic E-state index is 13.1. The van der Waals surface area contributed by atoms with E-state index >= 15 is 0 Å². The summed E-state index contributed by atoms with van der Waals surface area (Å²) in [5.74, 6) is 0.140. The Morgan fingerprint density at radius 1 is 1.17 bits per heavy atom. The van der Waals surface area contributed by atoms with Crippen LogP contribution in [0.5, 0.6) is 0 Å². The molecule has 4 atom stereocenters. The van der Waals surface area contributed by atoms with Crippen LogP contribution in [-0.2, 0) is 16.1 Å². The Balaban J connectivity index is 1.05. The van der Waals surface area contributed by atoms with Crippen LogP contribution in [0.1, 0.15) is 71.4 Å². The zero-order valence-corrected chi connectivity index (χ0v) is 19.2. The fourth-order valence-electron chi connectivity index (χ4n) is 6.91. The van der Waals surface area contributed by atoms with Crippen LogP contribution in [0.25, 0.3) is 5.69 Å². The largest absolute Gasteiger partial charge is 0.348 e. The van der Waals surface area contributed by atoms with Crippen molar-refractivity contribution in [1.82, 2.24) is 30.5 Å². The van der Waals surface area contributed by atoms with Gasteiger partial charge in [0.15, 0.2) is 5.69 Å². The predicted molar refractivity (Wildman–Crippen MR) is 121 cm³/mol. The number of piperidine rings is 1. The van der Waals surface area contributed by atoms with Crippen LogP contribution in [0.2, 0.25) is 0 Å². The summed E-state index contributed by atoms with van der Waals surface area (Å²) in [6, 6.07) is 4.93. The Bertz CT molecular complexity index is 1300. The van der Waals surface area contributed by atoms with Crippen molar-refractivity contribution < 1.29 is 19.2 Å². The Labute approximate surface area is 201 Å². The van der Waals surface area contributed by atoms with Gasteiger partial charge >= 0.3 is 0 Å². The van der Waals surface area contributed by atoms with E-state index in [2.05, 4.69) is 20.9 Å². The lowest BCUT2D eigenvalue weighted by Crippen LogP contribution is -2.52. The first-order valence-electron chi connectivity index (χ1n) is 12.4. The van der Waals surface area contributed by atoms with Gasteiger partial charge in [-0.15, -0.1) is 5.10 Å². The van der Waals surface area contributed by atoms with Crippen LogP contribution in [-0.4, -0.2) is 55.6 Å². The van der Waals surface area contributed by atoms with Crippen LogP contribution in [0.15, 0.2) is 24.4 Å². The number of hydrogen-bond donors (Lipinski definition) is 2. The topological polar surface area (TPSA) is 126 Å². The third-order valence-electron chi connectivity index (χ3n) is 8.94. The van der Waals surface area contributed by atoms with Crippen LogP contribution in [0, 0.1) is 17.3 Å². The number of imide groups is 1. The summed E-state index contributed by atoms with van der Waals surface area (Å²) in [5.41, 5.74) is 2.78. The highest BCUT2D eigenvalue weighted by Crippen LogP contribution is 2.68. The molecule has 0 radical (unpaired) electrons. The molecule has 3 aliphatic carbocycles. The van der Waals surface area contributed by atoms with Crippen LogP contribution in [0.4, 0.5) is 0 Å². The zero-order valence-electron chi connectivity index (χ0n) is 19.2. The van der Waals surface area contributed by atoms with Gasteiger partial charge in [-0.25, -0.2) is 4.68 Å². The number of carbonyl (C=O) groups is 4. The molecule has 2 bridgehead atoms. The minimum atomic E-state index is -0.654. The minimum absolute atomic E-state index is 0.208. The number of hydrogen-bond acceptors (Lipinski definition) is 6. The first kappa shape index (κ1) is 20.8. The molecule has 3 heterocycles. The first-order chi connectivity index (χ1) is 16.9. The van der Waals surface area contributed by atoms with Crippen molar-refractivity contribution in [3.05, 3.63) is 41.2 Å². The predicted octanol–water partition coefficient (Wildman–Crippen LogP) is 1.34. The number of amides is 4. The van der Waals surface area contributed by atoms with E-state index in [9.17, 15) is 19.2 Å². The summed E-state index contributed by atoms with van der Waals surface area (Å²) in [4.78, 5) is 51.2. The van der Waals surface area contributed by atoms with Gasteiger partial charge in [0.25, 0.3) is 11.8 Å². The van der Waals surface area contributed by atoms with Crippen molar-refractivity contribution in [2.24, 2.45) is 17.3 Å². The van der Waals surface area contributed by atoms with Gasteiger partial charge in [-0.3, -0.25) is 24.5 Å². The lowest BCUT2D eigenvalue weighted by atomic mass is 9.83. The molecule has 4 unspecified atom stereocenters. The van der Waals surface area contributed by atoms with Crippen LogP contribution >= 0.6 is 0 Å². The van der Waals surface area contributed by atoms with E-state index in [1.807, 2.05) is 12.1 Å². The molecule has 1 aromatic heterocycles. The van der Waals surface area contributed by atoms with Gasteiger partial charge in [0, 0.05) is 24.6 Å². The van der Waals surface area contributed by atoms with Crippen molar-refractivity contribution in [1.29, 1.82) is 0 Å². The van der Waals surface area contributed by atoms with Crippen molar-refractivity contribution in [3.8, 4) is 5.69 Å². The molecule has 10 heteroatoms. The minimum Gasteiger partial charge on any atom is -0.348 e. The van der Waals surface area contributed by atoms with Crippen LogP contribution in [0.3, 0.4) is 0 Å². The standard InChI is InChI=1S/C25H26N6O4/c32-21-4-3-20(23(34)27-21)30-11-13-1-2-16(9-17(13)24(30)35)31-12-19(28-29-31)22(33)26-18-8-15-7-14(18)10-25(15)5-6-25/h1-2,9,12,14-15,18,20H,3-8,10-11H2,(H,26,33)(H,27,32,34). The molecule has 5 aliphatic rings. The van der Waals surface area contributed by atoms with Crippen molar-refractivity contribution >= 4 is 23.6 Å². The van der Waals surface area contributed by atoms with Gasteiger partial charge in [-0.2, -0.15) is 0 Å². The molecule has 1 saturated heterocycles. The monoisotopic (exact) mass is 474 g/mol. The lowest BCUT2D eigenvalue weighted by molar-refractivity contribution is -0.136. The molecule has 35 heavy (non-hydrogen) atoms. The summed E-state index contributed by atoms with van der Waals surface area (Å²) < 4.78 is 1.50. The van der Waals surface area contributed by atoms with Crippen LogP contribution < -0.4 is 10.6 Å². The van der Waals surface area contributed by atoms with Gasteiger partial charge in [0.2, 0.25) is 11.8 Å². The highest BCUT2D eigenvalue weighted by Gasteiger charge is 2.60. The fourth-order valence-corrected chi connectivity index (χ4v) is 6.91. The van der Waals surface area contributed by atoms with Gasteiger partial charge in [-0.05, 0) is 73.5 Å². The third kappa shape index (κ3) is 3.22. The lowest BCUT2D eigenvalue weighted by Gasteiger charge is -2.29. The van der Waals surface area contributed by atoms with E-state index in [1.54, 1.807) is 12.3 Å². The zero-order chi connectivity index (χ0) is 23.9. The molecule has 180 valence electrons. The molecule has 7 rings (SSSR count). The maximum absolute atomic E-state index is 13.1. The summed E-state index contributed by atoms with van der Waals surface area (Å²) in [7, 11) is 0. The molecule has 2 aromatic rings. The quantitative estimate of drug-likeness (QED) is 0.644. The average molecular weight is 475 g/mol. The number of nitrogens with one attached hydrogen (secondary N) is 2. The second kappa shape index (κ2) is 7.22. The number of rotatable bonds is 4. The molecule has 3 saturated carbocycles. The number of benzene rings is 1. The SMILES string of the molecule is O=C1CCC(N2Cc3ccc(-n4cc(C(=O)NC5CC6CC5CC65CC5)nn4)cc3C2=O)C(=O)N1. The number of carbonyl (C=O) groups excluding carboxylic acids is 4. The normalized spacial score (nSPS) is 30.1. The van der Waals surface area contributed by atoms with E-state index in [0.717, 1.165) is 17.9 Å². The highest BCUT2D eigenvalue weighted by molar-refractivity contribution is 6.05. The van der Waals surface area contributed by atoms with E-state index in [0.29, 0.717) is 35.5 Å². The van der Waals surface area contributed by atoms with E-state index in [4.69, 9.17) is 0 Å². The number of aromatic nitrogens is 3. The highest BCUT2D eigenvalue weighted by atomic mass is 16.2. The fraction of sp³-hybridized carbons (Fsp3) is 0.520. The molecular formula is C25H26N6O4. The second-order valence-electron chi connectivity index (χ2n) is 10.9.